The Bertz CT molecular complexity index is 842. The molecule has 0 unspecified atom stereocenters. The van der Waals surface area contributed by atoms with Crippen LogP contribution >= 0.6 is 12.2 Å². The quantitative estimate of drug-likeness (QED) is 0.601. The number of benzene rings is 1. The molecule has 0 saturated heterocycles. The third-order valence-electron chi connectivity index (χ3n) is 5.99. The lowest BCUT2D eigenvalue weighted by atomic mass is 9.86. The van der Waals surface area contributed by atoms with Crippen molar-refractivity contribution in [1.82, 2.24) is 20.6 Å². The van der Waals surface area contributed by atoms with Gasteiger partial charge in [0.2, 0.25) is 5.95 Å². The molecule has 0 atom stereocenters. The highest BCUT2D eigenvalue weighted by atomic mass is 32.1. The molecule has 156 valence electrons. The molecule has 1 aromatic carbocycles. The fourth-order valence-corrected chi connectivity index (χ4v) is 4.18. The first-order valence-corrected chi connectivity index (χ1v) is 11.2. The average Bonchev–Trinajstić information content (AvgIpc) is 3.55. The van der Waals surface area contributed by atoms with E-state index < -0.39 is 0 Å². The van der Waals surface area contributed by atoms with Crippen LogP contribution in [0.4, 0.5) is 11.8 Å². The lowest BCUT2D eigenvalue weighted by Gasteiger charge is -2.29. The largest absolute Gasteiger partial charge is 0.362 e. The highest BCUT2D eigenvalue weighted by molar-refractivity contribution is 7.80. The van der Waals surface area contributed by atoms with Crippen molar-refractivity contribution in [1.29, 1.82) is 0 Å². The topological polar surface area (TPSA) is 65.1 Å². The third kappa shape index (κ3) is 5.47. The maximum atomic E-state index is 5.40. The van der Waals surface area contributed by atoms with Crippen molar-refractivity contribution in [2.24, 2.45) is 11.8 Å². The van der Waals surface area contributed by atoms with E-state index in [1.807, 2.05) is 26.2 Å². The van der Waals surface area contributed by atoms with Crippen molar-refractivity contribution in [3.05, 3.63) is 24.3 Å². The van der Waals surface area contributed by atoms with E-state index in [0.29, 0.717) is 12.0 Å². The summed E-state index contributed by atoms with van der Waals surface area (Å²) in [5, 5.41) is 12.2. The highest BCUT2D eigenvalue weighted by Gasteiger charge is 2.23. The van der Waals surface area contributed by atoms with E-state index in [9.17, 15) is 0 Å². The van der Waals surface area contributed by atoms with Crippen molar-refractivity contribution in [3.8, 4) is 0 Å². The van der Waals surface area contributed by atoms with Gasteiger partial charge in [-0.05, 0) is 74.7 Å². The molecule has 0 spiro atoms. The van der Waals surface area contributed by atoms with Gasteiger partial charge < -0.3 is 20.9 Å². The smallest absolute Gasteiger partial charge is 0.225 e. The van der Waals surface area contributed by atoms with Crippen molar-refractivity contribution >= 4 is 40.0 Å². The maximum absolute atomic E-state index is 5.40. The number of thiocarbonyl (C=S) groups is 1. The Kier molecular flexibility index (Phi) is 6.33. The standard InChI is InChI=1S/C22H32N6S/c1-28(2)20-18-5-3-4-6-19(18)26-21(27-20)25-17-11-9-16(10-12-17)14-24-22(29)23-13-15-7-8-15/h3-6,15-17H,7-14H2,1-2H3,(H2,23,24,29)(H,25,26,27). The van der Waals surface area contributed by atoms with Crippen LogP contribution < -0.4 is 20.9 Å². The van der Waals surface area contributed by atoms with Crippen LogP contribution in [0.5, 0.6) is 0 Å². The van der Waals surface area contributed by atoms with Gasteiger partial charge in [0.05, 0.1) is 5.52 Å². The predicted molar refractivity (Wildman–Crippen MR) is 125 cm³/mol. The molecule has 4 rings (SSSR count). The van der Waals surface area contributed by atoms with E-state index in [1.54, 1.807) is 0 Å². The first kappa shape index (κ1) is 20.1. The molecule has 0 radical (unpaired) electrons. The molecule has 1 heterocycles. The number of nitrogens with one attached hydrogen (secondary N) is 3. The van der Waals surface area contributed by atoms with E-state index >= 15 is 0 Å². The summed E-state index contributed by atoms with van der Waals surface area (Å²) in [5.41, 5.74) is 0.985. The van der Waals surface area contributed by atoms with Gasteiger partial charge in [0.15, 0.2) is 5.11 Å². The van der Waals surface area contributed by atoms with E-state index in [0.717, 1.165) is 59.6 Å². The Morgan fingerprint density at radius 2 is 1.59 bits per heavy atom. The van der Waals surface area contributed by atoms with Crippen LogP contribution in [-0.2, 0) is 0 Å². The zero-order chi connectivity index (χ0) is 20.2. The molecule has 2 fully saturated rings. The minimum Gasteiger partial charge on any atom is -0.362 e. The summed E-state index contributed by atoms with van der Waals surface area (Å²) in [6.45, 7) is 2.00. The van der Waals surface area contributed by atoms with Gasteiger partial charge in [-0.1, -0.05) is 12.1 Å². The first-order chi connectivity index (χ1) is 14.1. The SMILES string of the molecule is CN(C)c1nc(NC2CCC(CNC(=S)NCC3CC3)CC2)nc2ccccc12. The van der Waals surface area contributed by atoms with Crippen LogP contribution in [0.25, 0.3) is 10.9 Å². The van der Waals surface area contributed by atoms with E-state index in [-0.39, 0.29) is 0 Å². The Labute approximate surface area is 178 Å². The molecule has 1 aromatic heterocycles. The number of aromatic nitrogens is 2. The molecule has 0 aliphatic heterocycles. The molecular weight excluding hydrogens is 380 g/mol. The van der Waals surface area contributed by atoms with Crippen molar-refractivity contribution in [2.45, 2.75) is 44.6 Å². The summed E-state index contributed by atoms with van der Waals surface area (Å²) in [4.78, 5) is 11.6. The number of hydrogen-bond donors (Lipinski definition) is 3. The molecule has 2 aliphatic rings. The van der Waals surface area contributed by atoms with E-state index in [1.165, 1.54) is 25.7 Å². The molecule has 0 amide bonds. The summed E-state index contributed by atoms with van der Waals surface area (Å²) in [6, 6.07) is 8.63. The number of rotatable bonds is 7. The Morgan fingerprint density at radius 1 is 0.966 bits per heavy atom. The molecule has 6 nitrogen and oxygen atoms in total. The lowest BCUT2D eigenvalue weighted by molar-refractivity contribution is 0.336. The summed E-state index contributed by atoms with van der Waals surface area (Å²) in [6.07, 6.45) is 7.38. The van der Waals surface area contributed by atoms with Crippen LogP contribution in [-0.4, -0.2) is 48.3 Å². The first-order valence-electron chi connectivity index (χ1n) is 10.8. The predicted octanol–water partition coefficient (Wildman–Crippen LogP) is 3.54. The summed E-state index contributed by atoms with van der Waals surface area (Å²) < 4.78 is 0. The Morgan fingerprint density at radius 3 is 2.21 bits per heavy atom. The molecular formula is C22H32N6S. The highest BCUT2D eigenvalue weighted by Crippen LogP contribution is 2.29. The van der Waals surface area contributed by atoms with Gasteiger partial charge in [-0.2, -0.15) is 4.98 Å². The minimum atomic E-state index is 0.433. The van der Waals surface area contributed by atoms with Gasteiger partial charge in [-0.25, -0.2) is 4.98 Å². The second-order valence-electron chi connectivity index (χ2n) is 8.68. The fraction of sp³-hybridized carbons (Fsp3) is 0.591. The maximum Gasteiger partial charge on any atom is 0.225 e. The molecule has 2 saturated carbocycles. The van der Waals surface area contributed by atoms with Crippen molar-refractivity contribution < 1.29 is 0 Å². The van der Waals surface area contributed by atoms with Crippen molar-refractivity contribution in [2.75, 3.05) is 37.4 Å². The monoisotopic (exact) mass is 412 g/mol. The molecule has 29 heavy (non-hydrogen) atoms. The number of para-hydroxylation sites is 1. The number of fused-ring (bicyclic) bond motifs is 1. The van der Waals surface area contributed by atoms with Gasteiger partial charge in [-0.3, -0.25) is 0 Å². The molecule has 3 N–H and O–H groups in total. The van der Waals surface area contributed by atoms with Gasteiger partial charge >= 0.3 is 0 Å². The summed E-state index contributed by atoms with van der Waals surface area (Å²) in [7, 11) is 4.06. The Balaban J connectivity index is 1.27. The second kappa shape index (κ2) is 9.11. The zero-order valence-corrected chi connectivity index (χ0v) is 18.3. The van der Waals surface area contributed by atoms with Crippen molar-refractivity contribution in [3.63, 3.8) is 0 Å². The van der Waals surface area contributed by atoms with Gasteiger partial charge in [0.25, 0.3) is 0 Å². The number of anilines is 2. The van der Waals surface area contributed by atoms with Crippen LogP contribution in [0.2, 0.25) is 0 Å². The normalized spacial score (nSPS) is 21.6. The third-order valence-corrected chi connectivity index (χ3v) is 6.27. The molecule has 7 heteroatoms. The second-order valence-corrected chi connectivity index (χ2v) is 9.09. The van der Waals surface area contributed by atoms with Gasteiger partial charge in [0, 0.05) is 38.6 Å². The Hall–Kier alpha value is -2.15. The van der Waals surface area contributed by atoms with E-state index in [4.69, 9.17) is 22.2 Å². The van der Waals surface area contributed by atoms with Gasteiger partial charge in [-0.15, -0.1) is 0 Å². The molecule has 0 bridgehead atoms. The molecule has 2 aliphatic carbocycles. The van der Waals surface area contributed by atoms with Crippen LogP contribution in [0, 0.1) is 11.8 Å². The molecule has 2 aromatic rings. The number of hydrogen-bond acceptors (Lipinski definition) is 5. The number of nitrogens with zero attached hydrogens (tertiary/aromatic N) is 3. The minimum absolute atomic E-state index is 0.433. The van der Waals surface area contributed by atoms with Crippen LogP contribution in [0.15, 0.2) is 24.3 Å². The zero-order valence-electron chi connectivity index (χ0n) is 17.4. The lowest BCUT2D eigenvalue weighted by Crippen LogP contribution is -2.40. The van der Waals surface area contributed by atoms with Crippen LogP contribution in [0.3, 0.4) is 0 Å². The van der Waals surface area contributed by atoms with Gasteiger partial charge in [0.1, 0.15) is 5.82 Å². The summed E-state index contributed by atoms with van der Waals surface area (Å²) in [5.74, 6) is 3.23. The van der Waals surface area contributed by atoms with E-state index in [2.05, 4.69) is 33.0 Å². The van der Waals surface area contributed by atoms with Crippen LogP contribution in [0.1, 0.15) is 38.5 Å². The fourth-order valence-electron chi connectivity index (χ4n) is 4.02. The average molecular weight is 413 g/mol. The summed E-state index contributed by atoms with van der Waals surface area (Å²) >= 11 is 5.40.